The lowest BCUT2D eigenvalue weighted by molar-refractivity contribution is -0.268. The van der Waals surface area contributed by atoms with E-state index in [1.165, 1.54) is 27.2 Å². The lowest BCUT2D eigenvalue weighted by Crippen LogP contribution is -2.50. The summed E-state index contributed by atoms with van der Waals surface area (Å²) in [5.74, 6) is -5.75. The molecule has 176 valence electrons. The predicted octanol–water partition coefficient (Wildman–Crippen LogP) is 3.36. The van der Waals surface area contributed by atoms with Gasteiger partial charge in [-0.05, 0) is 31.9 Å². The summed E-state index contributed by atoms with van der Waals surface area (Å²) in [7, 11) is 1.20. The highest BCUT2D eigenvalue weighted by Gasteiger charge is 2.71. The summed E-state index contributed by atoms with van der Waals surface area (Å²) >= 11 is 6.49. The number of Topliss-reactive ketones (excluding diaryl/α,β-unsaturated/α-hetero) is 1. The fraction of sp³-hybridized carbons (Fsp3) is 0.583. The van der Waals surface area contributed by atoms with Gasteiger partial charge in [-0.15, -0.1) is 0 Å². The highest BCUT2D eigenvalue weighted by molar-refractivity contribution is 6.45. The van der Waals surface area contributed by atoms with Gasteiger partial charge < -0.3 is 24.4 Å². The summed E-state index contributed by atoms with van der Waals surface area (Å²) in [6.45, 7) is 8.66. The molecular formula is C24H31ClO7. The van der Waals surface area contributed by atoms with Crippen molar-refractivity contribution in [2.45, 2.75) is 58.5 Å². The van der Waals surface area contributed by atoms with Gasteiger partial charge in [0.05, 0.1) is 24.5 Å². The van der Waals surface area contributed by atoms with Crippen LogP contribution in [0.15, 0.2) is 46.4 Å². The molecule has 7 atom stereocenters. The van der Waals surface area contributed by atoms with E-state index in [4.69, 9.17) is 25.8 Å². The van der Waals surface area contributed by atoms with Gasteiger partial charge in [-0.1, -0.05) is 44.9 Å². The summed E-state index contributed by atoms with van der Waals surface area (Å²) < 4.78 is 16.7. The average Bonchev–Trinajstić information content (AvgIpc) is 3.03. The molecule has 0 aromatic rings. The number of fused-ring (bicyclic) bond motifs is 3. The van der Waals surface area contributed by atoms with Crippen LogP contribution in [0.3, 0.4) is 0 Å². The van der Waals surface area contributed by atoms with Gasteiger partial charge in [0.1, 0.15) is 17.3 Å². The number of ketones is 1. The monoisotopic (exact) mass is 466 g/mol. The number of aliphatic hydroxyl groups excluding tert-OH is 1. The van der Waals surface area contributed by atoms with Crippen LogP contribution in [0.2, 0.25) is 0 Å². The van der Waals surface area contributed by atoms with E-state index in [0.717, 1.165) is 6.42 Å². The molecule has 2 heterocycles. The van der Waals surface area contributed by atoms with Gasteiger partial charge >= 0.3 is 5.97 Å². The predicted molar refractivity (Wildman–Crippen MR) is 118 cm³/mol. The minimum Gasteiger partial charge on any atom is -0.469 e. The quantitative estimate of drug-likeness (QED) is 0.578. The normalized spacial score (nSPS) is 34.8. The maximum absolute atomic E-state index is 13.4. The fourth-order valence-electron chi connectivity index (χ4n) is 4.55. The topological polar surface area (TPSA) is 102 Å². The highest BCUT2D eigenvalue weighted by atomic mass is 35.5. The van der Waals surface area contributed by atoms with Crippen LogP contribution in [-0.2, 0) is 23.8 Å². The van der Waals surface area contributed by atoms with E-state index in [-0.39, 0.29) is 5.03 Å². The van der Waals surface area contributed by atoms with Crippen LogP contribution in [-0.4, -0.2) is 46.6 Å². The Morgan fingerprint density at radius 1 is 1.38 bits per heavy atom. The van der Waals surface area contributed by atoms with Crippen LogP contribution in [0.25, 0.3) is 0 Å². The lowest BCUT2D eigenvalue weighted by atomic mass is 9.66. The molecule has 0 bridgehead atoms. The van der Waals surface area contributed by atoms with Crippen molar-refractivity contribution in [2.24, 2.45) is 23.7 Å². The number of rotatable bonds is 6. The minimum absolute atomic E-state index is 0.0645. The lowest BCUT2D eigenvalue weighted by Gasteiger charge is -2.37. The fourth-order valence-corrected chi connectivity index (χ4v) is 4.90. The van der Waals surface area contributed by atoms with Crippen molar-refractivity contribution in [3.63, 3.8) is 0 Å². The summed E-state index contributed by atoms with van der Waals surface area (Å²) in [4.78, 5) is 26.3. The Bertz CT molecular complexity index is 931. The molecule has 0 saturated carbocycles. The van der Waals surface area contributed by atoms with Crippen LogP contribution in [0.5, 0.6) is 0 Å². The van der Waals surface area contributed by atoms with Gasteiger partial charge in [-0.3, -0.25) is 9.59 Å². The van der Waals surface area contributed by atoms with E-state index in [9.17, 15) is 19.8 Å². The Kier molecular flexibility index (Phi) is 6.78. The van der Waals surface area contributed by atoms with Gasteiger partial charge in [-0.2, -0.15) is 0 Å². The van der Waals surface area contributed by atoms with Crippen molar-refractivity contribution in [1.82, 2.24) is 0 Å². The highest BCUT2D eigenvalue weighted by Crippen LogP contribution is 2.58. The first kappa shape index (κ1) is 24.7. The third kappa shape index (κ3) is 3.75. The molecule has 2 aliphatic heterocycles. The molecule has 8 heteroatoms. The molecule has 0 aromatic carbocycles. The molecule has 2 N–H and O–H groups in total. The molecule has 3 aliphatic rings. The zero-order valence-electron chi connectivity index (χ0n) is 19.2. The van der Waals surface area contributed by atoms with Crippen molar-refractivity contribution in [2.75, 3.05) is 7.11 Å². The third-order valence-corrected chi connectivity index (χ3v) is 7.33. The number of ether oxygens (including phenoxy) is 3. The van der Waals surface area contributed by atoms with E-state index in [1.807, 2.05) is 12.2 Å². The number of methoxy groups -OCH3 is 1. The smallest absolute Gasteiger partial charge is 0.314 e. The Balaban J connectivity index is 2.13. The zero-order chi connectivity index (χ0) is 24.0. The number of carbonyl (C=O) groups is 2. The van der Waals surface area contributed by atoms with Crippen LogP contribution >= 0.6 is 11.6 Å². The van der Waals surface area contributed by atoms with E-state index < -0.39 is 47.0 Å². The first-order chi connectivity index (χ1) is 14.9. The Labute approximate surface area is 193 Å². The maximum atomic E-state index is 13.4. The van der Waals surface area contributed by atoms with Crippen molar-refractivity contribution >= 4 is 23.4 Å². The van der Waals surface area contributed by atoms with E-state index in [2.05, 4.69) is 13.8 Å². The number of esters is 1. The molecular weight excluding hydrogens is 436 g/mol. The van der Waals surface area contributed by atoms with Gasteiger partial charge in [0.2, 0.25) is 5.78 Å². The molecule has 0 radical (unpaired) electrons. The number of halogens is 1. The maximum Gasteiger partial charge on any atom is 0.314 e. The minimum atomic E-state index is -2.16. The molecule has 0 aromatic heterocycles. The van der Waals surface area contributed by atoms with E-state index in [0.29, 0.717) is 22.8 Å². The number of hydrogen-bond donors (Lipinski definition) is 2. The van der Waals surface area contributed by atoms with E-state index >= 15 is 0 Å². The summed E-state index contributed by atoms with van der Waals surface area (Å²) in [6.07, 6.45) is 6.84. The van der Waals surface area contributed by atoms with Gasteiger partial charge in [0, 0.05) is 23.0 Å². The van der Waals surface area contributed by atoms with Gasteiger partial charge in [-0.25, -0.2) is 0 Å². The summed E-state index contributed by atoms with van der Waals surface area (Å²) in [5.41, 5.74) is -0.771. The summed E-state index contributed by atoms with van der Waals surface area (Å²) in [5, 5.41) is 21.6. The van der Waals surface area contributed by atoms with Crippen molar-refractivity contribution in [1.29, 1.82) is 0 Å². The van der Waals surface area contributed by atoms with Crippen LogP contribution in [0.4, 0.5) is 0 Å². The second kappa shape index (κ2) is 8.78. The third-order valence-electron chi connectivity index (χ3n) is 6.95. The SMILES string of the molecule is CC[C@H](C)C=CC1=CC2=C(Cl)C(=O)[C@@]3(C)O[C@](O)([C@H](C)[C@@H](C)O)[C@H](C(=O)OC)[C@H]3C2=CO1. The van der Waals surface area contributed by atoms with Gasteiger partial charge in [0.15, 0.2) is 5.79 Å². The van der Waals surface area contributed by atoms with Crippen LogP contribution in [0.1, 0.15) is 41.0 Å². The Hall–Kier alpha value is -1.93. The Morgan fingerprint density at radius 3 is 2.59 bits per heavy atom. The largest absolute Gasteiger partial charge is 0.469 e. The Morgan fingerprint density at radius 2 is 2.03 bits per heavy atom. The van der Waals surface area contributed by atoms with Gasteiger partial charge in [0.25, 0.3) is 0 Å². The molecule has 1 aliphatic carbocycles. The first-order valence-corrected chi connectivity index (χ1v) is 11.2. The molecule has 1 fully saturated rings. The van der Waals surface area contributed by atoms with Crippen molar-refractivity contribution in [3.8, 4) is 0 Å². The molecule has 0 unspecified atom stereocenters. The average molecular weight is 467 g/mol. The first-order valence-electron chi connectivity index (χ1n) is 10.8. The molecule has 0 amide bonds. The molecule has 32 heavy (non-hydrogen) atoms. The van der Waals surface area contributed by atoms with Crippen LogP contribution in [0, 0.1) is 23.7 Å². The number of aliphatic hydroxyl groups is 2. The number of allylic oxidation sites excluding steroid dienone is 4. The second-order valence-electron chi connectivity index (χ2n) is 9.01. The standard InChI is InChI=1S/C24H31ClO7/c1-7-12(2)8-9-15-10-16-17(11-31-15)18-19(22(28)30-6)24(29,13(3)14(4)26)32-23(18,5)21(27)20(16)25/h8-14,18-19,26,29H,7H2,1-6H3/t12-,13+,14+,18+,19-,23-,24+/m0/s1. The second-order valence-corrected chi connectivity index (χ2v) is 9.39. The molecule has 3 rings (SSSR count). The molecule has 1 saturated heterocycles. The number of hydrogen-bond acceptors (Lipinski definition) is 7. The number of carbonyl (C=O) groups excluding carboxylic acids is 2. The summed E-state index contributed by atoms with van der Waals surface area (Å²) in [6, 6.07) is 0. The van der Waals surface area contributed by atoms with Crippen molar-refractivity contribution < 1.29 is 34.0 Å². The van der Waals surface area contributed by atoms with E-state index in [1.54, 1.807) is 13.0 Å². The molecule has 7 nitrogen and oxygen atoms in total. The van der Waals surface area contributed by atoms with Crippen molar-refractivity contribution in [3.05, 3.63) is 46.4 Å². The molecule has 0 spiro atoms. The zero-order valence-corrected chi connectivity index (χ0v) is 20.0. The van der Waals surface area contributed by atoms with Crippen LogP contribution < -0.4 is 0 Å².